The summed E-state index contributed by atoms with van der Waals surface area (Å²) in [6.07, 6.45) is 0.246. The van der Waals surface area contributed by atoms with Gasteiger partial charge in [-0.2, -0.15) is 0 Å². The molecule has 0 spiro atoms. The van der Waals surface area contributed by atoms with E-state index in [0.29, 0.717) is 55.7 Å². The lowest BCUT2D eigenvalue weighted by atomic mass is 10.0. The molecular weight excluding hydrogens is 666 g/mol. The fraction of sp³-hybridized carbons (Fsp3) is 0.189. The lowest BCUT2D eigenvalue weighted by molar-refractivity contribution is 0.0940. The minimum absolute atomic E-state index is 0.180. The Hall–Kier alpha value is -4.53. The van der Waals surface area contributed by atoms with Gasteiger partial charge in [-0.05, 0) is 71.3 Å². The van der Waals surface area contributed by atoms with Crippen molar-refractivity contribution >= 4 is 50.9 Å². The fourth-order valence-corrected chi connectivity index (χ4v) is 6.56. The van der Waals surface area contributed by atoms with Gasteiger partial charge < -0.3 is 23.9 Å². The number of hydrogen-bond acceptors (Lipinski definition) is 5. The summed E-state index contributed by atoms with van der Waals surface area (Å²) in [5, 5.41) is 0.638. The molecule has 0 radical (unpaired) electrons. The predicted octanol–water partition coefficient (Wildman–Crippen LogP) is 8.57. The van der Waals surface area contributed by atoms with E-state index in [1.54, 1.807) is 9.80 Å². The van der Waals surface area contributed by atoms with Gasteiger partial charge in [-0.25, -0.2) is 4.79 Å². The summed E-state index contributed by atoms with van der Waals surface area (Å²) in [5.41, 5.74) is 6.60. The quantitative estimate of drug-likeness (QED) is 0.178. The summed E-state index contributed by atoms with van der Waals surface area (Å²) >= 11 is 9.78. The molecule has 2 aliphatic rings. The Morgan fingerprint density at radius 1 is 0.848 bits per heavy atom. The molecule has 5 aromatic rings. The number of rotatable bonds is 6. The average molecular weight is 697 g/mol. The van der Waals surface area contributed by atoms with Crippen molar-refractivity contribution in [2.24, 2.45) is 0 Å². The van der Waals surface area contributed by atoms with Gasteiger partial charge in [-0.1, -0.05) is 76.1 Å². The summed E-state index contributed by atoms with van der Waals surface area (Å²) < 4.78 is 12.8. The Bertz CT molecular complexity index is 1880. The maximum atomic E-state index is 14.2. The van der Waals surface area contributed by atoms with Crippen molar-refractivity contribution in [1.82, 2.24) is 4.90 Å². The van der Waals surface area contributed by atoms with Crippen molar-refractivity contribution in [2.45, 2.75) is 19.6 Å². The zero-order chi connectivity index (χ0) is 31.6. The van der Waals surface area contributed by atoms with Crippen LogP contribution in [-0.2, 0) is 24.3 Å². The van der Waals surface area contributed by atoms with Crippen molar-refractivity contribution < 1.29 is 18.7 Å². The van der Waals surface area contributed by atoms with E-state index in [-0.39, 0.29) is 18.6 Å². The number of halogens is 2. The predicted molar refractivity (Wildman–Crippen MR) is 183 cm³/mol. The van der Waals surface area contributed by atoms with Gasteiger partial charge in [0, 0.05) is 64.6 Å². The van der Waals surface area contributed by atoms with E-state index in [1.807, 2.05) is 91.0 Å². The topological polar surface area (TPSA) is 66.2 Å². The first-order valence-corrected chi connectivity index (χ1v) is 16.4. The van der Waals surface area contributed by atoms with Crippen LogP contribution in [0.2, 0.25) is 5.02 Å². The van der Waals surface area contributed by atoms with Crippen LogP contribution in [0.3, 0.4) is 0 Å². The number of carbonyl (C=O) groups is 2. The molecule has 0 atom stereocenters. The fourth-order valence-electron chi connectivity index (χ4n) is 6.02. The molecule has 4 aromatic carbocycles. The van der Waals surface area contributed by atoms with Crippen LogP contribution in [0, 0.1) is 0 Å². The number of fused-ring (bicyclic) bond motifs is 2. The zero-order valence-corrected chi connectivity index (χ0v) is 27.3. The minimum Gasteiger partial charge on any atom is -0.451 e. The standard InChI is InChI=1S/C37H31BrClN3O4/c38-32-9-5-4-8-27(32)23-42-33-15-14-31(40-16-18-41(19-17-40)37(44)45-24-25-6-2-1-3-7-25)21-28(33)20-29-22-34(46-35(29)36(42)43)26-10-12-30(39)13-11-26/h1-15,21-22H,16-20,23-24H2. The minimum atomic E-state index is -0.296. The van der Waals surface area contributed by atoms with E-state index in [9.17, 15) is 9.59 Å². The SMILES string of the molecule is O=C(OCc1ccccc1)N1CCN(c2ccc3c(c2)Cc2cc(-c4ccc(Cl)cc4)oc2C(=O)N3Cc2ccccc2Br)CC1. The summed E-state index contributed by atoms with van der Waals surface area (Å²) in [4.78, 5) is 32.8. The molecule has 0 unspecified atom stereocenters. The van der Waals surface area contributed by atoms with Crippen LogP contribution in [0.25, 0.3) is 11.3 Å². The van der Waals surface area contributed by atoms with Crippen LogP contribution >= 0.6 is 27.5 Å². The summed E-state index contributed by atoms with van der Waals surface area (Å²) in [6.45, 7) is 3.12. The Labute approximate surface area is 281 Å². The largest absolute Gasteiger partial charge is 0.451 e. The molecule has 0 bridgehead atoms. The molecular formula is C37H31BrClN3O4. The van der Waals surface area contributed by atoms with E-state index in [0.717, 1.165) is 43.7 Å². The average Bonchev–Trinajstić information content (AvgIpc) is 3.47. The van der Waals surface area contributed by atoms with Crippen molar-refractivity contribution in [1.29, 1.82) is 0 Å². The lowest BCUT2D eigenvalue weighted by Crippen LogP contribution is -2.49. The molecule has 3 heterocycles. The van der Waals surface area contributed by atoms with Crippen molar-refractivity contribution in [3.8, 4) is 11.3 Å². The first-order chi connectivity index (χ1) is 22.4. The maximum absolute atomic E-state index is 14.2. The Kier molecular flexibility index (Phi) is 8.56. The van der Waals surface area contributed by atoms with E-state index in [4.69, 9.17) is 20.8 Å². The number of nitrogens with zero attached hydrogens (tertiary/aromatic N) is 3. The first-order valence-electron chi connectivity index (χ1n) is 15.2. The smallest absolute Gasteiger partial charge is 0.410 e. The van der Waals surface area contributed by atoms with Gasteiger partial charge in [0.15, 0.2) is 5.76 Å². The number of amides is 2. The summed E-state index contributed by atoms with van der Waals surface area (Å²) in [5.74, 6) is 0.795. The molecule has 1 saturated heterocycles. The Morgan fingerprint density at radius 3 is 2.35 bits per heavy atom. The van der Waals surface area contributed by atoms with Gasteiger partial charge in [-0.3, -0.25) is 4.79 Å². The Balaban J connectivity index is 1.14. The van der Waals surface area contributed by atoms with Crippen molar-refractivity contribution in [3.63, 3.8) is 0 Å². The summed E-state index contributed by atoms with van der Waals surface area (Å²) in [7, 11) is 0. The molecule has 9 heteroatoms. The highest BCUT2D eigenvalue weighted by Gasteiger charge is 2.32. The van der Waals surface area contributed by atoms with Crippen LogP contribution in [0.1, 0.15) is 32.8 Å². The van der Waals surface area contributed by atoms with E-state index >= 15 is 0 Å². The highest BCUT2D eigenvalue weighted by atomic mass is 79.9. The van der Waals surface area contributed by atoms with Gasteiger partial charge in [0.05, 0.1) is 6.54 Å². The van der Waals surface area contributed by atoms with Crippen LogP contribution < -0.4 is 9.80 Å². The zero-order valence-electron chi connectivity index (χ0n) is 25.0. The molecule has 232 valence electrons. The Morgan fingerprint density at radius 2 is 1.59 bits per heavy atom. The maximum Gasteiger partial charge on any atom is 0.410 e. The highest BCUT2D eigenvalue weighted by molar-refractivity contribution is 9.10. The second-order valence-corrected chi connectivity index (χ2v) is 12.7. The first kappa shape index (κ1) is 30.1. The second kappa shape index (κ2) is 13.1. The monoisotopic (exact) mass is 695 g/mol. The number of ether oxygens (including phenoxy) is 1. The van der Waals surface area contributed by atoms with Crippen molar-refractivity contribution in [2.75, 3.05) is 36.0 Å². The number of furan rings is 1. The molecule has 7 rings (SSSR count). The number of anilines is 2. The molecule has 2 aliphatic heterocycles. The van der Waals surface area contributed by atoms with E-state index < -0.39 is 0 Å². The van der Waals surface area contributed by atoms with Crippen LogP contribution in [0.15, 0.2) is 112 Å². The van der Waals surface area contributed by atoms with Gasteiger partial charge in [0.2, 0.25) is 0 Å². The third-order valence-corrected chi connectivity index (χ3v) is 9.53. The molecule has 1 fully saturated rings. The van der Waals surface area contributed by atoms with Crippen LogP contribution in [-0.4, -0.2) is 43.1 Å². The molecule has 7 nitrogen and oxygen atoms in total. The molecule has 0 N–H and O–H groups in total. The number of piperazine rings is 1. The highest BCUT2D eigenvalue weighted by Crippen LogP contribution is 2.38. The molecule has 1 aromatic heterocycles. The number of hydrogen-bond donors (Lipinski definition) is 0. The van der Waals surface area contributed by atoms with E-state index in [1.165, 1.54) is 0 Å². The van der Waals surface area contributed by atoms with Gasteiger partial charge in [-0.15, -0.1) is 0 Å². The molecule has 2 amide bonds. The van der Waals surface area contributed by atoms with Gasteiger partial charge >= 0.3 is 6.09 Å². The third-order valence-electron chi connectivity index (χ3n) is 8.51. The van der Waals surface area contributed by atoms with Crippen molar-refractivity contribution in [3.05, 3.63) is 141 Å². The van der Waals surface area contributed by atoms with E-state index in [2.05, 4.69) is 33.0 Å². The third kappa shape index (κ3) is 6.28. The summed E-state index contributed by atoms with van der Waals surface area (Å²) in [6, 6.07) is 33.3. The van der Waals surface area contributed by atoms with Crippen LogP contribution in [0.5, 0.6) is 0 Å². The molecule has 46 heavy (non-hydrogen) atoms. The number of benzene rings is 4. The normalized spacial score (nSPS) is 14.5. The lowest BCUT2D eigenvalue weighted by Gasteiger charge is -2.36. The molecule has 0 saturated carbocycles. The van der Waals surface area contributed by atoms with Crippen LogP contribution in [0.4, 0.5) is 16.2 Å². The van der Waals surface area contributed by atoms with Gasteiger partial charge in [0.1, 0.15) is 12.4 Å². The second-order valence-electron chi connectivity index (χ2n) is 11.5. The number of carbonyl (C=O) groups excluding carboxylic acids is 2. The molecule has 0 aliphatic carbocycles. The van der Waals surface area contributed by atoms with Gasteiger partial charge in [0.25, 0.3) is 5.91 Å².